The van der Waals surface area contributed by atoms with Gasteiger partial charge in [-0.05, 0) is 47.2 Å². The van der Waals surface area contributed by atoms with Gasteiger partial charge in [-0.3, -0.25) is 0 Å². The zero-order chi connectivity index (χ0) is 19.7. The van der Waals surface area contributed by atoms with Gasteiger partial charge in [-0.25, -0.2) is 4.79 Å². The highest BCUT2D eigenvalue weighted by Gasteiger charge is 2.24. The molecule has 0 saturated heterocycles. The quantitative estimate of drug-likeness (QED) is 0.749. The number of hydrogen-bond donors (Lipinski definition) is 1. The molecule has 1 atom stereocenters. The average Bonchev–Trinajstić information content (AvgIpc) is 3.29. The first-order chi connectivity index (χ1) is 13.5. The van der Waals surface area contributed by atoms with Crippen LogP contribution >= 0.6 is 0 Å². The van der Waals surface area contributed by atoms with Crippen molar-refractivity contribution in [1.82, 2.24) is 19.7 Å². The van der Waals surface area contributed by atoms with E-state index in [2.05, 4.69) is 53.6 Å². The van der Waals surface area contributed by atoms with Crippen molar-refractivity contribution < 1.29 is 4.79 Å². The van der Waals surface area contributed by atoms with Crippen molar-refractivity contribution in [3.8, 4) is 0 Å². The van der Waals surface area contributed by atoms with Gasteiger partial charge in [-0.15, -0.1) is 10.2 Å². The van der Waals surface area contributed by atoms with Gasteiger partial charge in [0.15, 0.2) is 0 Å². The summed E-state index contributed by atoms with van der Waals surface area (Å²) in [5.74, 6) is 1.23. The second kappa shape index (κ2) is 7.46. The molecule has 1 unspecified atom stereocenters. The number of urea groups is 1. The first-order valence-corrected chi connectivity index (χ1v) is 9.57. The van der Waals surface area contributed by atoms with Crippen LogP contribution in [0.1, 0.15) is 40.9 Å². The molecule has 2 amide bonds. The van der Waals surface area contributed by atoms with Gasteiger partial charge in [0, 0.05) is 32.2 Å². The number of nitrogens with zero attached hydrogens (tertiary/aromatic N) is 4. The van der Waals surface area contributed by atoms with Crippen LogP contribution in [-0.4, -0.2) is 25.7 Å². The number of anilines is 1. The Morgan fingerprint density at radius 2 is 2.04 bits per heavy atom. The predicted molar refractivity (Wildman–Crippen MR) is 109 cm³/mol. The first kappa shape index (κ1) is 18.2. The summed E-state index contributed by atoms with van der Waals surface area (Å²) in [4.78, 5) is 14.6. The highest BCUT2D eigenvalue weighted by molar-refractivity contribution is 5.89. The molecule has 0 spiro atoms. The summed E-state index contributed by atoms with van der Waals surface area (Å²) in [6.45, 7) is 5.58. The topological polar surface area (TPSA) is 63.1 Å². The number of amides is 2. The highest BCUT2D eigenvalue weighted by atomic mass is 16.2. The Kier molecular flexibility index (Phi) is 4.86. The molecule has 1 aliphatic rings. The van der Waals surface area contributed by atoms with Crippen LogP contribution in [0.5, 0.6) is 0 Å². The van der Waals surface area contributed by atoms with Gasteiger partial charge in [0.1, 0.15) is 12.2 Å². The van der Waals surface area contributed by atoms with Crippen LogP contribution in [0.4, 0.5) is 10.5 Å². The summed E-state index contributed by atoms with van der Waals surface area (Å²) >= 11 is 0. The van der Waals surface area contributed by atoms with E-state index in [0.29, 0.717) is 13.1 Å². The van der Waals surface area contributed by atoms with Crippen molar-refractivity contribution in [1.29, 1.82) is 0 Å². The second-order valence-electron chi connectivity index (χ2n) is 7.59. The number of carbonyl (C=O) groups excluding carboxylic acids is 1. The number of aromatic nitrogens is 3. The fraction of sp³-hybridized carbons (Fsp3) is 0.318. The molecule has 0 saturated carbocycles. The SMILES string of the molecule is Cc1cccc2c1CN(C(=O)Nc1cccc(C(C)Cc3nncn3C)c1)C2. The van der Waals surface area contributed by atoms with Crippen molar-refractivity contribution in [3.63, 3.8) is 0 Å². The molecular weight excluding hydrogens is 350 g/mol. The number of aryl methyl sites for hydroxylation is 2. The highest BCUT2D eigenvalue weighted by Crippen LogP contribution is 2.27. The zero-order valence-electron chi connectivity index (χ0n) is 16.5. The van der Waals surface area contributed by atoms with Crippen molar-refractivity contribution >= 4 is 11.7 Å². The lowest BCUT2D eigenvalue weighted by Gasteiger charge is -2.18. The molecule has 2 aromatic carbocycles. The molecule has 6 heteroatoms. The van der Waals surface area contributed by atoms with Gasteiger partial charge in [-0.1, -0.05) is 37.3 Å². The molecule has 0 fully saturated rings. The molecule has 0 radical (unpaired) electrons. The van der Waals surface area contributed by atoms with E-state index in [1.807, 2.05) is 34.7 Å². The summed E-state index contributed by atoms with van der Waals surface area (Å²) in [6, 6.07) is 14.3. The summed E-state index contributed by atoms with van der Waals surface area (Å²) < 4.78 is 1.94. The average molecular weight is 375 g/mol. The largest absolute Gasteiger partial charge is 0.322 e. The monoisotopic (exact) mass is 375 g/mol. The number of hydrogen-bond acceptors (Lipinski definition) is 3. The van der Waals surface area contributed by atoms with Crippen LogP contribution in [0.2, 0.25) is 0 Å². The van der Waals surface area contributed by atoms with Crippen molar-refractivity contribution in [2.45, 2.75) is 39.3 Å². The van der Waals surface area contributed by atoms with Gasteiger partial charge in [0.2, 0.25) is 0 Å². The smallest absolute Gasteiger partial charge is 0.321 e. The Hall–Kier alpha value is -3.15. The molecule has 144 valence electrons. The van der Waals surface area contributed by atoms with Crippen LogP contribution in [0, 0.1) is 6.92 Å². The summed E-state index contributed by atoms with van der Waals surface area (Å²) in [6.07, 6.45) is 2.52. The Balaban J connectivity index is 1.43. The minimum absolute atomic E-state index is 0.0614. The van der Waals surface area contributed by atoms with E-state index in [4.69, 9.17) is 0 Å². The Morgan fingerprint density at radius 3 is 2.79 bits per heavy atom. The van der Waals surface area contributed by atoms with E-state index in [9.17, 15) is 4.79 Å². The third kappa shape index (κ3) is 3.63. The van der Waals surface area contributed by atoms with Crippen molar-refractivity contribution in [2.75, 3.05) is 5.32 Å². The van der Waals surface area contributed by atoms with Crippen LogP contribution < -0.4 is 5.32 Å². The molecular formula is C22H25N5O. The third-order valence-electron chi connectivity index (χ3n) is 5.51. The Bertz CT molecular complexity index is 1010. The van der Waals surface area contributed by atoms with Crippen molar-refractivity contribution in [2.24, 2.45) is 7.05 Å². The molecule has 28 heavy (non-hydrogen) atoms. The van der Waals surface area contributed by atoms with Crippen LogP contribution in [-0.2, 0) is 26.6 Å². The van der Waals surface area contributed by atoms with Gasteiger partial charge in [0.25, 0.3) is 0 Å². The van der Waals surface area contributed by atoms with Crippen molar-refractivity contribution in [3.05, 3.63) is 76.9 Å². The zero-order valence-corrected chi connectivity index (χ0v) is 16.5. The molecule has 6 nitrogen and oxygen atoms in total. The van der Waals surface area contributed by atoms with Crippen LogP contribution in [0.3, 0.4) is 0 Å². The van der Waals surface area contributed by atoms with E-state index >= 15 is 0 Å². The Morgan fingerprint density at radius 1 is 1.21 bits per heavy atom. The fourth-order valence-electron chi connectivity index (χ4n) is 3.74. The predicted octanol–water partition coefficient (Wildman–Crippen LogP) is 4.02. The maximum absolute atomic E-state index is 12.8. The maximum Gasteiger partial charge on any atom is 0.322 e. The number of nitrogens with one attached hydrogen (secondary N) is 1. The molecule has 1 aliphatic heterocycles. The van der Waals surface area contributed by atoms with E-state index in [1.165, 1.54) is 22.3 Å². The van der Waals surface area contributed by atoms with Gasteiger partial charge < -0.3 is 14.8 Å². The summed E-state index contributed by atoms with van der Waals surface area (Å²) in [5, 5.41) is 11.2. The minimum atomic E-state index is -0.0614. The second-order valence-corrected chi connectivity index (χ2v) is 7.59. The number of carbonyl (C=O) groups is 1. The lowest BCUT2D eigenvalue weighted by Crippen LogP contribution is -2.30. The lowest BCUT2D eigenvalue weighted by molar-refractivity contribution is 0.212. The molecule has 4 rings (SSSR count). The number of benzene rings is 2. The number of rotatable bonds is 4. The lowest BCUT2D eigenvalue weighted by atomic mass is 9.97. The third-order valence-corrected chi connectivity index (χ3v) is 5.51. The fourth-order valence-corrected chi connectivity index (χ4v) is 3.74. The van der Waals surface area contributed by atoms with Gasteiger partial charge in [-0.2, -0.15) is 0 Å². The van der Waals surface area contributed by atoms with Crippen LogP contribution in [0.25, 0.3) is 0 Å². The van der Waals surface area contributed by atoms with E-state index < -0.39 is 0 Å². The molecule has 2 heterocycles. The molecule has 0 bridgehead atoms. The Labute approximate surface area is 165 Å². The number of fused-ring (bicyclic) bond motifs is 1. The van der Waals surface area contributed by atoms with Gasteiger partial charge >= 0.3 is 6.03 Å². The molecule has 1 aromatic heterocycles. The van der Waals surface area contributed by atoms with Gasteiger partial charge in [0.05, 0.1) is 0 Å². The first-order valence-electron chi connectivity index (χ1n) is 9.57. The maximum atomic E-state index is 12.8. The normalized spacial score (nSPS) is 14.0. The van der Waals surface area contributed by atoms with E-state index in [1.54, 1.807) is 6.33 Å². The van der Waals surface area contributed by atoms with Crippen LogP contribution in [0.15, 0.2) is 48.8 Å². The van der Waals surface area contributed by atoms with E-state index in [0.717, 1.165) is 17.9 Å². The summed E-state index contributed by atoms with van der Waals surface area (Å²) in [7, 11) is 1.95. The molecule has 1 N–H and O–H groups in total. The molecule has 3 aromatic rings. The molecule has 0 aliphatic carbocycles. The summed E-state index contributed by atoms with van der Waals surface area (Å²) in [5.41, 5.74) is 5.73. The van der Waals surface area contributed by atoms with E-state index in [-0.39, 0.29) is 11.9 Å². The minimum Gasteiger partial charge on any atom is -0.321 e. The standard InChI is InChI=1S/C22H25N5O/c1-15-6-4-8-18-12-27(13-20(15)18)22(28)24-19-9-5-7-17(11-19)16(2)10-21-25-23-14-26(21)3/h4-9,11,14,16H,10,12-13H2,1-3H3,(H,24,28).